The van der Waals surface area contributed by atoms with Gasteiger partial charge in [-0.3, -0.25) is 15.0 Å². The number of ether oxygens (including phenoxy) is 1. The number of hydrogen-bond donors (Lipinski definition) is 1. The fourth-order valence-electron chi connectivity index (χ4n) is 2.35. The van der Waals surface area contributed by atoms with E-state index in [9.17, 15) is 15.2 Å². The highest BCUT2D eigenvalue weighted by Crippen LogP contribution is 2.23. The van der Waals surface area contributed by atoms with Gasteiger partial charge >= 0.3 is 0 Å². The summed E-state index contributed by atoms with van der Waals surface area (Å²) in [5, 5.41) is 20.3. The largest absolute Gasteiger partial charge is 0.492 e. The number of piperidine rings is 1. The van der Waals surface area contributed by atoms with Crippen LogP contribution >= 0.6 is 0 Å². The lowest BCUT2D eigenvalue weighted by Gasteiger charge is -2.29. The molecule has 1 saturated heterocycles. The summed E-state index contributed by atoms with van der Waals surface area (Å²) >= 11 is 0. The SMILES string of the molecule is C=Cc1cc(OCCN2CCC(O)CC2)cc([N+](=O)[O-])c1. The van der Waals surface area contributed by atoms with Crippen LogP contribution in [0.3, 0.4) is 0 Å². The van der Waals surface area contributed by atoms with E-state index in [1.807, 2.05) is 0 Å². The van der Waals surface area contributed by atoms with Crippen LogP contribution in [-0.2, 0) is 0 Å². The van der Waals surface area contributed by atoms with Crippen LogP contribution < -0.4 is 4.74 Å². The number of aliphatic hydroxyl groups is 1. The fraction of sp³-hybridized carbons (Fsp3) is 0.467. The van der Waals surface area contributed by atoms with E-state index in [1.54, 1.807) is 12.1 Å². The van der Waals surface area contributed by atoms with Gasteiger partial charge in [-0.2, -0.15) is 0 Å². The van der Waals surface area contributed by atoms with E-state index in [1.165, 1.54) is 12.1 Å². The Morgan fingerprint density at radius 1 is 1.43 bits per heavy atom. The first-order chi connectivity index (χ1) is 10.1. The van der Waals surface area contributed by atoms with Crippen LogP contribution in [0.15, 0.2) is 24.8 Å². The van der Waals surface area contributed by atoms with Crippen LogP contribution in [0.4, 0.5) is 5.69 Å². The molecule has 0 saturated carbocycles. The van der Waals surface area contributed by atoms with E-state index in [0.29, 0.717) is 17.9 Å². The Morgan fingerprint density at radius 2 is 2.14 bits per heavy atom. The van der Waals surface area contributed by atoms with Crippen molar-refractivity contribution in [2.75, 3.05) is 26.2 Å². The summed E-state index contributed by atoms with van der Waals surface area (Å²) in [7, 11) is 0. The Hall–Kier alpha value is -1.92. The lowest BCUT2D eigenvalue weighted by molar-refractivity contribution is -0.384. The lowest BCUT2D eigenvalue weighted by Crippen LogP contribution is -2.38. The van der Waals surface area contributed by atoms with Crippen LogP contribution in [0.5, 0.6) is 5.75 Å². The van der Waals surface area contributed by atoms with Crippen molar-refractivity contribution in [3.8, 4) is 5.75 Å². The molecule has 1 fully saturated rings. The molecule has 2 rings (SSSR count). The van der Waals surface area contributed by atoms with Gasteiger partial charge in [-0.25, -0.2) is 0 Å². The Labute approximate surface area is 123 Å². The van der Waals surface area contributed by atoms with Crippen LogP contribution in [0.1, 0.15) is 18.4 Å². The molecule has 0 aromatic heterocycles. The Morgan fingerprint density at radius 3 is 2.76 bits per heavy atom. The number of likely N-dealkylation sites (tertiary alicyclic amines) is 1. The number of nitro benzene ring substituents is 1. The van der Waals surface area contributed by atoms with Gasteiger partial charge in [-0.1, -0.05) is 12.7 Å². The predicted octanol–water partition coefficient (Wildman–Crippen LogP) is 2.07. The van der Waals surface area contributed by atoms with Gasteiger partial charge in [-0.15, -0.1) is 0 Å². The summed E-state index contributed by atoms with van der Waals surface area (Å²) in [5.41, 5.74) is 0.670. The second kappa shape index (κ2) is 7.19. The van der Waals surface area contributed by atoms with Gasteiger partial charge < -0.3 is 9.84 Å². The zero-order valence-corrected chi connectivity index (χ0v) is 11.9. The van der Waals surface area contributed by atoms with Crippen molar-refractivity contribution in [2.45, 2.75) is 18.9 Å². The smallest absolute Gasteiger partial charge is 0.273 e. The summed E-state index contributed by atoms with van der Waals surface area (Å²) in [6, 6.07) is 4.62. The lowest BCUT2D eigenvalue weighted by atomic mass is 10.1. The van der Waals surface area contributed by atoms with E-state index in [4.69, 9.17) is 4.74 Å². The molecule has 1 aromatic rings. The van der Waals surface area contributed by atoms with E-state index in [-0.39, 0.29) is 11.8 Å². The van der Waals surface area contributed by atoms with Crippen LogP contribution in [0.2, 0.25) is 0 Å². The van der Waals surface area contributed by atoms with Crippen molar-refractivity contribution in [3.05, 3.63) is 40.5 Å². The third-order valence-corrected chi connectivity index (χ3v) is 3.59. The summed E-state index contributed by atoms with van der Waals surface area (Å²) in [6.45, 7) is 6.56. The fourth-order valence-corrected chi connectivity index (χ4v) is 2.35. The maximum Gasteiger partial charge on any atom is 0.273 e. The van der Waals surface area contributed by atoms with E-state index in [0.717, 1.165) is 32.5 Å². The molecule has 6 nitrogen and oxygen atoms in total. The maximum absolute atomic E-state index is 10.9. The van der Waals surface area contributed by atoms with Gasteiger partial charge in [0.15, 0.2) is 0 Å². The molecule has 0 bridgehead atoms. The third kappa shape index (κ3) is 4.54. The van der Waals surface area contributed by atoms with Crippen molar-refractivity contribution in [1.82, 2.24) is 4.90 Å². The highest BCUT2D eigenvalue weighted by Gasteiger charge is 2.16. The monoisotopic (exact) mass is 292 g/mol. The minimum Gasteiger partial charge on any atom is -0.492 e. The summed E-state index contributed by atoms with van der Waals surface area (Å²) in [5.74, 6) is 0.483. The van der Waals surface area contributed by atoms with Crippen molar-refractivity contribution < 1.29 is 14.8 Å². The van der Waals surface area contributed by atoms with Crippen LogP contribution in [0.25, 0.3) is 6.08 Å². The average molecular weight is 292 g/mol. The van der Waals surface area contributed by atoms with Gasteiger partial charge in [0.1, 0.15) is 12.4 Å². The normalized spacial score (nSPS) is 16.6. The molecule has 0 spiro atoms. The highest BCUT2D eigenvalue weighted by atomic mass is 16.6. The van der Waals surface area contributed by atoms with E-state index in [2.05, 4.69) is 11.5 Å². The first kappa shape index (κ1) is 15.5. The zero-order valence-electron chi connectivity index (χ0n) is 11.9. The van der Waals surface area contributed by atoms with Crippen LogP contribution in [-0.4, -0.2) is 47.3 Å². The first-order valence-corrected chi connectivity index (χ1v) is 7.03. The number of nitrogens with zero attached hydrogens (tertiary/aromatic N) is 2. The standard InChI is InChI=1S/C15H20N2O4/c1-2-12-9-13(17(19)20)11-15(10-12)21-8-7-16-5-3-14(18)4-6-16/h2,9-11,14,18H,1,3-8H2. The van der Waals surface area contributed by atoms with Gasteiger partial charge in [0, 0.05) is 25.7 Å². The summed E-state index contributed by atoms with van der Waals surface area (Å²) in [6.07, 6.45) is 2.95. The number of rotatable bonds is 6. The number of benzene rings is 1. The summed E-state index contributed by atoms with van der Waals surface area (Å²) < 4.78 is 5.61. The van der Waals surface area contributed by atoms with Crippen molar-refractivity contribution in [2.24, 2.45) is 0 Å². The van der Waals surface area contributed by atoms with Crippen molar-refractivity contribution >= 4 is 11.8 Å². The Kier molecular flexibility index (Phi) is 5.30. The molecule has 1 N–H and O–H groups in total. The molecule has 1 aliphatic heterocycles. The Bertz CT molecular complexity index is 510. The first-order valence-electron chi connectivity index (χ1n) is 7.03. The molecule has 0 amide bonds. The topological polar surface area (TPSA) is 75.8 Å². The minimum absolute atomic E-state index is 0.00324. The zero-order chi connectivity index (χ0) is 15.2. The third-order valence-electron chi connectivity index (χ3n) is 3.59. The van der Waals surface area contributed by atoms with Gasteiger partial charge in [0.05, 0.1) is 17.1 Å². The predicted molar refractivity (Wildman–Crippen MR) is 80.4 cm³/mol. The maximum atomic E-state index is 10.9. The molecular formula is C15H20N2O4. The molecule has 0 radical (unpaired) electrons. The molecule has 114 valence electrons. The van der Waals surface area contributed by atoms with Crippen molar-refractivity contribution in [3.63, 3.8) is 0 Å². The molecule has 1 aromatic carbocycles. The number of nitro groups is 1. The molecule has 1 heterocycles. The van der Waals surface area contributed by atoms with E-state index < -0.39 is 4.92 Å². The van der Waals surface area contributed by atoms with Crippen LogP contribution in [0, 0.1) is 10.1 Å². The van der Waals surface area contributed by atoms with Gasteiger partial charge in [0.2, 0.25) is 0 Å². The molecule has 21 heavy (non-hydrogen) atoms. The van der Waals surface area contributed by atoms with Crippen molar-refractivity contribution in [1.29, 1.82) is 0 Å². The van der Waals surface area contributed by atoms with E-state index >= 15 is 0 Å². The molecule has 0 aliphatic carbocycles. The molecule has 0 unspecified atom stereocenters. The molecule has 1 aliphatic rings. The second-order valence-corrected chi connectivity index (χ2v) is 5.14. The average Bonchev–Trinajstić information content (AvgIpc) is 2.49. The molecule has 6 heteroatoms. The number of aliphatic hydroxyl groups excluding tert-OH is 1. The highest BCUT2D eigenvalue weighted by molar-refractivity contribution is 5.55. The Balaban J connectivity index is 1.89. The van der Waals surface area contributed by atoms with Gasteiger partial charge in [-0.05, 0) is 24.5 Å². The number of non-ortho nitro benzene ring substituents is 1. The molecular weight excluding hydrogens is 272 g/mol. The minimum atomic E-state index is -0.439. The second-order valence-electron chi connectivity index (χ2n) is 5.14. The molecule has 0 atom stereocenters. The quantitative estimate of drug-likeness (QED) is 0.641. The van der Waals surface area contributed by atoms with Gasteiger partial charge in [0.25, 0.3) is 5.69 Å². The number of hydrogen-bond acceptors (Lipinski definition) is 5. The summed E-state index contributed by atoms with van der Waals surface area (Å²) in [4.78, 5) is 12.6.